The first kappa shape index (κ1) is 16.8. The van der Waals surface area contributed by atoms with Crippen molar-refractivity contribution >= 4 is 10.9 Å². The third-order valence-corrected chi connectivity index (χ3v) is 4.52. The average Bonchev–Trinajstić information content (AvgIpc) is 2.69. The largest absolute Gasteiger partial charge is 0.491 e. The molecule has 0 spiro atoms. The lowest BCUT2D eigenvalue weighted by Crippen LogP contribution is -2.38. The Morgan fingerprint density at radius 1 is 1.08 bits per heavy atom. The molecule has 0 unspecified atom stereocenters. The zero-order chi connectivity index (χ0) is 17.8. The van der Waals surface area contributed by atoms with E-state index in [1.165, 1.54) is 0 Å². The molecular formula is C20H21N3O3. The Hall–Kier alpha value is -2.70. The van der Waals surface area contributed by atoms with Crippen molar-refractivity contribution in [2.45, 2.75) is 0 Å². The number of morpholine rings is 1. The van der Waals surface area contributed by atoms with Gasteiger partial charge < -0.3 is 14.5 Å². The molecule has 1 fully saturated rings. The normalized spacial score (nSPS) is 15.2. The Kier molecular flexibility index (Phi) is 4.95. The fourth-order valence-electron chi connectivity index (χ4n) is 3.11. The van der Waals surface area contributed by atoms with Crippen LogP contribution in [0.15, 0.2) is 53.3 Å². The lowest BCUT2D eigenvalue weighted by Gasteiger charge is -2.26. The molecule has 6 nitrogen and oxygen atoms in total. The standard InChI is InChI=1S/C20H21N3O3/c24-20-15-5-1-3-7-17(15)21-19(22-20)16-6-2-4-8-18(16)26-14-11-23-9-12-25-13-10-23/h1-8H,9-14H2,(H,21,22,24). The minimum absolute atomic E-state index is 0.145. The smallest absolute Gasteiger partial charge is 0.259 e. The van der Waals surface area contributed by atoms with E-state index in [4.69, 9.17) is 9.47 Å². The van der Waals surface area contributed by atoms with Gasteiger partial charge in [0.25, 0.3) is 5.56 Å². The van der Waals surface area contributed by atoms with Crippen LogP contribution in [0.5, 0.6) is 5.75 Å². The van der Waals surface area contributed by atoms with Crippen LogP contribution in [0.3, 0.4) is 0 Å². The van der Waals surface area contributed by atoms with E-state index >= 15 is 0 Å². The van der Waals surface area contributed by atoms with E-state index < -0.39 is 0 Å². The van der Waals surface area contributed by atoms with Gasteiger partial charge in [-0.15, -0.1) is 0 Å². The summed E-state index contributed by atoms with van der Waals surface area (Å²) in [5.74, 6) is 1.25. The number of H-pyrrole nitrogens is 1. The van der Waals surface area contributed by atoms with Gasteiger partial charge in [0.2, 0.25) is 0 Å². The number of para-hydroxylation sites is 2. The molecule has 0 atom stereocenters. The molecule has 0 amide bonds. The van der Waals surface area contributed by atoms with Crippen LogP contribution in [0.2, 0.25) is 0 Å². The Bertz CT molecular complexity index is 948. The van der Waals surface area contributed by atoms with Crippen molar-refractivity contribution in [1.82, 2.24) is 14.9 Å². The first-order valence-electron chi connectivity index (χ1n) is 8.82. The van der Waals surface area contributed by atoms with E-state index in [9.17, 15) is 4.79 Å². The number of benzene rings is 2. The van der Waals surface area contributed by atoms with Crippen LogP contribution in [-0.2, 0) is 4.74 Å². The minimum atomic E-state index is -0.145. The fraction of sp³-hybridized carbons (Fsp3) is 0.300. The van der Waals surface area contributed by atoms with Crippen molar-refractivity contribution in [2.24, 2.45) is 0 Å². The molecule has 1 aromatic heterocycles. The number of ether oxygens (including phenoxy) is 2. The minimum Gasteiger partial charge on any atom is -0.491 e. The summed E-state index contributed by atoms with van der Waals surface area (Å²) in [6.45, 7) is 4.85. The van der Waals surface area contributed by atoms with E-state index in [0.29, 0.717) is 23.3 Å². The van der Waals surface area contributed by atoms with E-state index in [1.807, 2.05) is 42.5 Å². The van der Waals surface area contributed by atoms with Gasteiger partial charge in [-0.3, -0.25) is 9.69 Å². The third-order valence-electron chi connectivity index (χ3n) is 4.52. The number of aromatic amines is 1. The van der Waals surface area contributed by atoms with Crippen molar-refractivity contribution in [3.05, 3.63) is 58.9 Å². The molecule has 1 aliphatic rings. The molecule has 2 aromatic carbocycles. The van der Waals surface area contributed by atoms with Crippen LogP contribution in [-0.4, -0.2) is 54.3 Å². The Morgan fingerprint density at radius 2 is 1.85 bits per heavy atom. The highest BCUT2D eigenvalue weighted by Gasteiger charge is 2.13. The Balaban J connectivity index is 1.56. The number of hydrogen-bond acceptors (Lipinski definition) is 5. The first-order valence-corrected chi connectivity index (χ1v) is 8.82. The second kappa shape index (κ2) is 7.68. The monoisotopic (exact) mass is 351 g/mol. The average molecular weight is 351 g/mol. The zero-order valence-corrected chi connectivity index (χ0v) is 14.5. The third kappa shape index (κ3) is 3.61. The van der Waals surface area contributed by atoms with Gasteiger partial charge in [-0.05, 0) is 24.3 Å². The van der Waals surface area contributed by atoms with Gasteiger partial charge in [0.15, 0.2) is 0 Å². The van der Waals surface area contributed by atoms with Crippen molar-refractivity contribution in [3.8, 4) is 17.1 Å². The van der Waals surface area contributed by atoms with Crippen LogP contribution in [0.1, 0.15) is 0 Å². The molecule has 0 saturated carbocycles. The quantitative estimate of drug-likeness (QED) is 0.764. The topological polar surface area (TPSA) is 67.5 Å². The summed E-state index contributed by atoms with van der Waals surface area (Å²) in [7, 11) is 0. The van der Waals surface area contributed by atoms with Crippen molar-refractivity contribution in [3.63, 3.8) is 0 Å². The molecule has 0 radical (unpaired) electrons. The summed E-state index contributed by atoms with van der Waals surface area (Å²) >= 11 is 0. The second-order valence-corrected chi connectivity index (χ2v) is 6.23. The number of rotatable bonds is 5. The summed E-state index contributed by atoms with van der Waals surface area (Å²) in [4.78, 5) is 22.1. The lowest BCUT2D eigenvalue weighted by atomic mass is 10.1. The molecule has 1 N–H and O–H groups in total. The fourth-order valence-corrected chi connectivity index (χ4v) is 3.11. The van der Waals surface area contributed by atoms with Crippen LogP contribution < -0.4 is 10.3 Å². The summed E-state index contributed by atoms with van der Waals surface area (Å²) in [6.07, 6.45) is 0. The van der Waals surface area contributed by atoms with Gasteiger partial charge >= 0.3 is 0 Å². The molecule has 2 heterocycles. The van der Waals surface area contributed by atoms with Crippen molar-refractivity contribution < 1.29 is 9.47 Å². The van der Waals surface area contributed by atoms with Crippen molar-refractivity contribution in [2.75, 3.05) is 39.5 Å². The Labute approximate surface area is 151 Å². The lowest BCUT2D eigenvalue weighted by molar-refractivity contribution is 0.0323. The molecule has 3 aromatic rings. The van der Waals surface area contributed by atoms with Gasteiger partial charge in [0.1, 0.15) is 18.2 Å². The number of nitrogens with zero attached hydrogens (tertiary/aromatic N) is 2. The second-order valence-electron chi connectivity index (χ2n) is 6.23. The highest BCUT2D eigenvalue weighted by atomic mass is 16.5. The molecule has 6 heteroatoms. The van der Waals surface area contributed by atoms with E-state index in [-0.39, 0.29) is 5.56 Å². The summed E-state index contributed by atoms with van der Waals surface area (Å²) in [5.41, 5.74) is 1.32. The van der Waals surface area contributed by atoms with Gasteiger partial charge in [-0.2, -0.15) is 0 Å². The van der Waals surface area contributed by atoms with Crippen molar-refractivity contribution in [1.29, 1.82) is 0 Å². The van der Waals surface area contributed by atoms with E-state index in [1.54, 1.807) is 6.07 Å². The van der Waals surface area contributed by atoms with Crippen LogP contribution >= 0.6 is 0 Å². The van der Waals surface area contributed by atoms with Crippen LogP contribution in [0, 0.1) is 0 Å². The maximum atomic E-state index is 12.3. The molecule has 4 rings (SSSR count). The molecule has 0 bridgehead atoms. The molecule has 0 aliphatic carbocycles. The van der Waals surface area contributed by atoms with Gasteiger partial charge in [0, 0.05) is 19.6 Å². The summed E-state index contributed by atoms with van der Waals surface area (Å²) in [5, 5.41) is 0.585. The maximum absolute atomic E-state index is 12.3. The number of aromatic nitrogens is 2. The van der Waals surface area contributed by atoms with Gasteiger partial charge in [0.05, 0.1) is 29.7 Å². The first-order chi connectivity index (χ1) is 12.8. The highest BCUT2D eigenvalue weighted by Crippen LogP contribution is 2.27. The molecular weight excluding hydrogens is 330 g/mol. The van der Waals surface area contributed by atoms with Crippen LogP contribution in [0.4, 0.5) is 0 Å². The molecule has 134 valence electrons. The predicted octanol–water partition coefficient (Wildman–Crippen LogP) is 2.30. The maximum Gasteiger partial charge on any atom is 0.259 e. The number of nitrogens with one attached hydrogen (secondary N) is 1. The molecule has 1 saturated heterocycles. The van der Waals surface area contributed by atoms with Gasteiger partial charge in [-0.1, -0.05) is 24.3 Å². The zero-order valence-electron chi connectivity index (χ0n) is 14.5. The van der Waals surface area contributed by atoms with E-state index in [0.717, 1.165) is 44.2 Å². The van der Waals surface area contributed by atoms with E-state index in [2.05, 4.69) is 14.9 Å². The Morgan fingerprint density at radius 3 is 2.73 bits per heavy atom. The molecule has 1 aliphatic heterocycles. The number of fused-ring (bicyclic) bond motifs is 1. The predicted molar refractivity (Wildman–Crippen MR) is 101 cm³/mol. The van der Waals surface area contributed by atoms with Gasteiger partial charge in [-0.25, -0.2) is 4.98 Å². The number of hydrogen-bond donors (Lipinski definition) is 1. The summed E-state index contributed by atoms with van der Waals surface area (Å²) < 4.78 is 11.4. The van der Waals surface area contributed by atoms with Crippen LogP contribution in [0.25, 0.3) is 22.3 Å². The SMILES string of the molecule is O=c1[nH]c(-c2ccccc2OCCN2CCOCC2)nc2ccccc12. The highest BCUT2D eigenvalue weighted by molar-refractivity contribution is 5.80. The summed E-state index contributed by atoms with van der Waals surface area (Å²) in [6, 6.07) is 15.0. The molecule has 26 heavy (non-hydrogen) atoms.